The van der Waals surface area contributed by atoms with Gasteiger partial charge in [-0.15, -0.1) is 0 Å². The van der Waals surface area contributed by atoms with Crippen molar-refractivity contribution in [3.63, 3.8) is 0 Å². The van der Waals surface area contributed by atoms with Crippen LogP contribution in [0.25, 0.3) is 0 Å². The van der Waals surface area contributed by atoms with Crippen LogP contribution in [0.4, 0.5) is 5.69 Å². The van der Waals surface area contributed by atoms with Crippen LogP contribution in [0.1, 0.15) is 18.4 Å². The van der Waals surface area contributed by atoms with E-state index in [0.29, 0.717) is 12.8 Å². The SMILES string of the molecule is CN1C(=O)CCCc2cc(S(=O)(=O)Cl)ccc21. The summed E-state index contributed by atoms with van der Waals surface area (Å²) in [7, 11) is 3.28. The van der Waals surface area contributed by atoms with Crippen LogP contribution in [0, 0.1) is 0 Å². The Bertz CT molecular complexity index is 568. The average Bonchev–Trinajstić information content (AvgIpc) is 2.38. The molecule has 2 rings (SSSR count). The zero-order valence-corrected chi connectivity index (χ0v) is 10.9. The van der Waals surface area contributed by atoms with Crippen molar-refractivity contribution in [2.24, 2.45) is 0 Å². The summed E-state index contributed by atoms with van der Waals surface area (Å²) in [5.74, 6) is 0.0465. The number of nitrogens with zero attached hydrogens (tertiary/aromatic N) is 1. The first-order valence-electron chi connectivity index (χ1n) is 5.24. The fraction of sp³-hybridized carbons (Fsp3) is 0.364. The first kappa shape index (κ1) is 12.4. The predicted molar refractivity (Wildman–Crippen MR) is 65.8 cm³/mol. The number of fused-ring (bicyclic) bond motifs is 1. The number of carbonyl (C=O) groups excluding carboxylic acids is 1. The number of aryl methyl sites for hydroxylation is 1. The third-order valence-corrected chi connectivity index (χ3v) is 4.26. The summed E-state index contributed by atoms with van der Waals surface area (Å²) >= 11 is 0. The Hall–Kier alpha value is -1.07. The molecule has 0 aliphatic carbocycles. The van der Waals surface area contributed by atoms with Crippen molar-refractivity contribution in [1.29, 1.82) is 0 Å². The van der Waals surface area contributed by atoms with Gasteiger partial charge in [-0.25, -0.2) is 8.42 Å². The zero-order valence-electron chi connectivity index (χ0n) is 9.31. The van der Waals surface area contributed by atoms with Crippen molar-refractivity contribution in [2.75, 3.05) is 11.9 Å². The number of hydrogen-bond acceptors (Lipinski definition) is 3. The molecule has 0 atom stereocenters. The molecule has 17 heavy (non-hydrogen) atoms. The average molecular weight is 274 g/mol. The lowest BCUT2D eigenvalue weighted by molar-refractivity contribution is -0.118. The third-order valence-electron chi connectivity index (χ3n) is 2.90. The summed E-state index contributed by atoms with van der Waals surface area (Å²) in [6, 6.07) is 4.61. The van der Waals surface area contributed by atoms with Gasteiger partial charge in [0.1, 0.15) is 0 Å². The van der Waals surface area contributed by atoms with Gasteiger partial charge in [-0.05, 0) is 36.6 Å². The first-order chi connectivity index (χ1) is 7.89. The molecule has 0 fully saturated rings. The summed E-state index contributed by atoms with van der Waals surface area (Å²) in [6.45, 7) is 0. The van der Waals surface area contributed by atoms with E-state index in [1.165, 1.54) is 6.07 Å². The number of halogens is 1. The van der Waals surface area contributed by atoms with Gasteiger partial charge in [0.05, 0.1) is 4.90 Å². The van der Waals surface area contributed by atoms with Gasteiger partial charge < -0.3 is 4.90 Å². The molecule has 6 heteroatoms. The van der Waals surface area contributed by atoms with Crippen molar-refractivity contribution in [3.05, 3.63) is 23.8 Å². The van der Waals surface area contributed by atoms with Gasteiger partial charge >= 0.3 is 0 Å². The van der Waals surface area contributed by atoms with E-state index in [9.17, 15) is 13.2 Å². The molecule has 1 aliphatic heterocycles. The summed E-state index contributed by atoms with van der Waals surface area (Å²) in [4.78, 5) is 13.3. The topological polar surface area (TPSA) is 54.5 Å². The minimum absolute atomic E-state index is 0.0465. The largest absolute Gasteiger partial charge is 0.315 e. The molecule has 0 saturated carbocycles. The first-order valence-corrected chi connectivity index (χ1v) is 7.54. The molecule has 1 aromatic rings. The Morgan fingerprint density at radius 1 is 1.29 bits per heavy atom. The van der Waals surface area contributed by atoms with E-state index < -0.39 is 9.05 Å². The number of carbonyl (C=O) groups is 1. The van der Waals surface area contributed by atoms with Crippen LogP contribution in [0.2, 0.25) is 0 Å². The van der Waals surface area contributed by atoms with Crippen LogP contribution in [0.5, 0.6) is 0 Å². The van der Waals surface area contributed by atoms with Crippen LogP contribution in [0.3, 0.4) is 0 Å². The molecule has 1 amide bonds. The van der Waals surface area contributed by atoms with Crippen molar-refractivity contribution in [3.8, 4) is 0 Å². The highest BCUT2D eigenvalue weighted by molar-refractivity contribution is 8.13. The highest BCUT2D eigenvalue weighted by Crippen LogP contribution is 2.29. The van der Waals surface area contributed by atoms with E-state index in [0.717, 1.165) is 17.7 Å². The van der Waals surface area contributed by atoms with E-state index in [-0.39, 0.29) is 10.8 Å². The van der Waals surface area contributed by atoms with Crippen LogP contribution in [-0.2, 0) is 20.3 Å². The fourth-order valence-electron chi connectivity index (χ4n) is 1.97. The van der Waals surface area contributed by atoms with Gasteiger partial charge in [-0.1, -0.05) is 0 Å². The van der Waals surface area contributed by atoms with Gasteiger partial charge in [-0.2, -0.15) is 0 Å². The summed E-state index contributed by atoms with van der Waals surface area (Å²) in [5, 5.41) is 0. The van der Waals surface area contributed by atoms with Gasteiger partial charge in [0.15, 0.2) is 0 Å². The van der Waals surface area contributed by atoms with Crippen molar-refractivity contribution in [2.45, 2.75) is 24.2 Å². The molecule has 0 bridgehead atoms. The van der Waals surface area contributed by atoms with Gasteiger partial charge in [0, 0.05) is 29.8 Å². The lowest BCUT2D eigenvalue weighted by atomic mass is 10.1. The molecule has 0 saturated heterocycles. The fourth-order valence-corrected chi connectivity index (χ4v) is 2.77. The lowest BCUT2D eigenvalue weighted by Crippen LogP contribution is -2.24. The van der Waals surface area contributed by atoms with Crippen LogP contribution >= 0.6 is 10.7 Å². The van der Waals surface area contributed by atoms with E-state index in [2.05, 4.69) is 0 Å². The van der Waals surface area contributed by atoms with Crippen molar-refractivity contribution in [1.82, 2.24) is 0 Å². The van der Waals surface area contributed by atoms with E-state index in [1.807, 2.05) is 0 Å². The number of anilines is 1. The molecule has 1 aromatic carbocycles. The Labute approximate surface area is 105 Å². The smallest absolute Gasteiger partial charge is 0.261 e. The summed E-state index contributed by atoms with van der Waals surface area (Å²) in [6.07, 6.45) is 1.89. The molecule has 1 aliphatic rings. The standard InChI is InChI=1S/C11H12ClNO3S/c1-13-10-6-5-9(17(12,15)16)7-8(10)3-2-4-11(13)14/h5-7H,2-4H2,1H3. The third kappa shape index (κ3) is 2.45. The molecular weight excluding hydrogens is 262 g/mol. The maximum Gasteiger partial charge on any atom is 0.261 e. The Balaban J connectivity index is 2.53. The maximum atomic E-state index is 11.6. The predicted octanol–water partition coefficient (Wildman–Crippen LogP) is 1.91. The van der Waals surface area contributed by atoms with E-state index in [4.69, 9.17) is 10.7 Å². The highest BCUT2D eigenvalue weighted by Gasteiger charge is 2.20. The molecule has 0 N–H and O–H groups in total. The van der Waals surface area contributed by atoms with Crippen molar-refractivity contribution >= 4 is 31.3 Å². The Kier molecular flexibility index (Phi) is 3.14. The van der Waals surface area contributed by atoms with Crippen molar-refractivity contribution < 1.29 is 13.2 Å². The quantitative estimate of drug-likeness (QED) is 0.735. The number of rotatable bonds is 1. The normalized spacial score (nSPS) is 16.6. The number of amides is 1. The maximum absolute atomic E-state index is 11.6. The Morgan fingerprint density at radius 2 is 2.00 bits per heavy atom. The van der Waals surface area contributed by atoms with Gasteiger partial charge in [0.2, 0.25) is 5.91 Å². The summed E-state index contributed by atoms with van der Waals surface area (Å²) < 4.78 is 22.5. The molecule has 1 heterocycles. The monoisotopic (exact) mass is 273 g/mol. The highest BCUT2D eigenvalue weighted by atomic mass is 35.7. The second kappa shape index (κ2) is 4.31. The zero-order chi connectivity index (χ0) is 12.6. The Morgan fingerprint density at radius 3 is 2.65 bits per heavy atom. The number of benzene rings is 1. The molecule has 0 aromatic heterocycles. The minimum atomic E-state index is -3.71. The lowest BCUT2D eigenvalue weighted by Gasteiger charge is -2.17. The van der Waals surface area contributed by atoms with Gasteiger partial charge in [-0.3, -0.25) is 4.79 Å². The second-order valence-corrected chi connectivity index (χ2v) is 6.60. The number of hydrogen-bond donors (Lipinski definition) is 0. The molecule has 0 spiro atoms. The summed E-state index contributed by atoms with van der Waals surface area (Å²) in [5.41, 5.74) is 1.61. The van der Waals surface area contributed by atoms with Crippen LogP contribution in [-0.4, -0.2) is 21.4 Å². The van der Waals surface area contributed by atoms with E-state index in [1.54, 1.807) is 24.1 Å². The van der Waals surface area contributed by atoms with Crippen LogP contribution in [0.15, 0.2) is 23.1 Å². The molecule has 0 radical (unpaired) electrons. The molecule has 0 unspecified atom stereocenters. The van der Waals surface area contributed by atoms with Crippen LogP contribution < -0.4 is 4.90 Å². The molecule has 92 valence electrons. The molecular formula is C11H12ClNO3S. The van der Waals surface area contributed by atoms with Gasteiger partial charge in [0.25, 0.3) is 9.05 Å². The second-order valence-electron chi connectivity index (χ2n) is 4.03. The van der Waals surface area contributed by atoms with E-state index >= 15 is 0 Å². The molecule has 4 nitrogen and oxygen atoms in total. The minimum Gasteiger partial charge on any atom is -0.315 e.